The maximum Gasteiger partial charge on any atom is 0.193 e. The van der Waals surface area contributed by atoms with Gasteiger partial charge in [-0.1, -0.05) is 48.0 Å². The van der Waals surface area contributed by atoms with E-state index in [1.807, 2.05) is 25.2 Å². The first-order chi connectivity index (χ1) is 14.1. The molecule has 1 saturated heterocycles. The number of benzene rings is 2. The fourth-order valence-electron chi connectivity index (χ4n) is 3.44. The molecule has 1 fully saturated rings. The SMILES string of the molecule is CN=C(NCc1cccc(COC2CCOCC2)c1)N(C)Cc1cccc(Cl)c1. The Morgan fingerprint density at radius 1 is 1.14 bits per heavy atom. The summed E-state index contributed by atoms with van der Waals surface area (Å²) >= 11 is 6.09. The first kappa shape index (κ1) is 21.6. The molecule has 3 rings (SSSR count). The van der Waals surface area contributed by atoms with Crippen LogP contribution in [0.5, 0.6) is 0 Å². The lowest BCUT2D eigenvalue weighted by Gasteiger charge is -2.23. The van der Waals surface area contributed by atoms with Crippen molar-refractivity contribution in [1.29, 1.82) is 0 Å². The van der Waals surface area contributed by atoms with Gasteiger partial charge in [0.25, 0.3) is 0 Å². The number of guanidine groups is 1. The summed E-state index contributed by atoms with van der Waals surface area (Å²) in [4.78, 5) is 6.49. The summed E-state index contributed by atoms with van der Waals surface area (Å²) < 4.78 is 11.4. The van der Waals surface area contributed by atoms with Crippen LogP contribution in [0.2, 0.25) is 5.02 Å². The lowest BCUT2D eigenvalue weighted by molar-refractivity contribution is -0.0390. The quantitative estimate of drug-likeness (QED) is 0.542. The molecule has 0 radical (unpaired) electrons. The zero-order valence-corrected chi connectivity index (χ0v) is 18.0. The molecule has 0 aromatic heterocycles. The first-order valence-corrected chi connectivity index (χ1v) is 10.4. The molecule has 156 valence electrons. The summed E-state index contributed by atoms with van der Waals surface area (Å²) in [5.74, 6) is 0.842. The highest BCUT2D eigenvalue weighted by Gasteiger charge is 2.14. The number of halogens is 1. The Labute approximate surface area is 178 Å². The molecular formula is C23H30ClN3O2. The van der Waals surface area contributed by atoms with Gasteiger partial charge in [0.15, 0.2) is 5.96 Å². The second kappa shape index (κ2) is 11.2. The second-order valence-electron chi connectivity index (χ2n) is 7.33. The third-order valence-corrected chi connectivity index (χ3v) is 5.21. The van der Waals surface area contributed by atoms with Gasteiger partial charge in [-0.05, 0) is 41.7 Å². The largest absolute Gasteiger partial charge is 0.381 e. The average Bonchev–Trinajstić information content (AvgIpc) is 2.74. The van der Waals surface area contributed by atoms with Crippen molar-refractivity contribution in [2.45, 2.75) is 38.6 Å². The van der Waals surface area contributed by atoms with E-state index < -0.39 is 0 Å². The third-order valence-electron chi connectivity index (χ3n) is 4.98. The van der Waals surface area contributed by atoms with Crippen molar-refractivity contribution in [1.82, 2.24) is 10.2 Å². The number of aliphatic imine (C=N–C) groups is 1. The normalized spacial score (nSPS) is 15.3. The topological polar surface area (TPSA) is 46.1 Å². The van der Waals surface area contributed by atoms with E-state index in [1.165, 1.54) is 11.1 Å². The third kappa shape index (κ3) is 7.03. The van der Waals surface area contributed by atoms with Gasteiger partial charge in [-0.15, -0.1) is 0 Å². The molecular weight excluding hydrogens is 386 g/mol. The molecule has 5 nitrogen and oxygen atoms in total. The van der Waals surface area contributed by atoms with Gasteiger partial charge in [-0.2, -0.15) is 0 Å². The number of nitrogens with zero attached hydrogens (tertiary/aromatic N) is 2. The van der Waals surface area contributed by atoms with Crippen molar-refractivity contribution < 1.29 is 9.47 Å². The standard InChI is InChI=1S/C23H30ClN3O2/c1-25-23(27(2)16-19-6-4-8-21(24)14-19)26-15-18-5-3-7-20(13-18)17-29-22-9-11-28-12-10-22/h3-8,13-14,22H,9-12,15-17H2,1-2H3,(H,25,26). The van der Waals surface area contributed by atoms with E-state index in [0.29, 0.717) is 19.3 Å². The highest BCUT2D eigenvalue weighted by molar-refractivity contribution is 6.30. The molecule has 0 saturated carbocycles. The summed E-state index contributed by atoms with van der Waals surface area (Å²) in [7, 11) is 3.82. The Morgan fingerprint density at radius 3 is 2.62 bits per heavy atom. The number of ether oxygens (including phenoxy) is 2. The molecule has 0 aliphatic carbocycles. The summed E-state index contributed by atoms with van der Waals surface area (Å²) in [5.41, 5.74) is 3.55. The van der Waals surface area contributed by atoms with Gasteiger partial charge in [0.2, 0.25) is 0 Å². The lowest BCUT2D eigenvalue weighted by Crippen LogP contribution is -2.38. The monoisotopic (exact) mass is 415 g/mol. The summed E-state index contributed by atoms with van der Waals surface area (Å²) in [5, 5.41) is 4.19. The number of rotatable bonds is 7. The van der Waals surface area contributed by atoms with E-state index in [-0.39, 0.29) is 0 Å². The van der Waals surface area contributed by atoms with Crippen molar-refractivity contribution in [3.8, 4) is 0 Å². The lowest BCUT2D eigenvalue weighted by atomic mass is 10.1. The van der Waals surface area contributed by atoms with Crippen LogP contribution in [-0.2, 0) is 29.2 Å². The molecule has 1 heterocycles. The van der Waals surface area contributed by atoms with Gasteiger partial charge in [0, 0.05) is 45.4 Å². The van der Waals surface area contributed by atoms with Crippen molar-refractivity contribution in [2.24, 2.45) is 4.99 Å². The Hall–Kier alpha value is -2.08. The van der Waals surface area contributed by atoms with Crippen LogP contribution in [0.15, 0.2) is 53.5 Å². The van der Waals surface area contributed by atoms with Gasteiger partial charge in [-0.25, -0.2) is 0 Å². The predicted molar refractivity (Wildman–Crippen MR) is 118 cm³/mol. The molecule has 6 heteroatoms. The van der Waals surface area contributed by atoms with E-state index in [1.54, 1.807) is 7.05 Å². The van der Waals surface area contributed by atoms with Crippen LogP contribution < -0.4 is 5.32 Å². The molecule has 1 aliphatic heterocycles. The van der Waals surface area contributed by atoms with Crippen LogP contribution in [-0.4, -0.2) is 44.3 Å². The zero-order valence-electron chi connectivity index (χ0n) is 17.2. The Morgan fingerprint density at radius 2 is 1.86 bits per heavy atom. The molecule has 1 N–H and O–H groups in total. The molecule has 2 aromatic carbocycles. The van der Waals surface area contributed by atoms with Gasteiger partial charge >= 0.3 is 0 Å². The van der Waals surface area contributed by atoms with Crippen LogP contribution in [0, 0.1) is 0 Å². The maximum atomic E-state index is 6.09. The maximum absolute atomic E-state index is 6.09. The van der Waals surface area contributed by atoms with Crippen LogP contribution in [0.4, 0.5) is 0 Å². The van der Waals surface area contributed by atoms with Crippen LogP contribution in [0.25, 0.3) is 0 Å². The molecule has 29 heavy (non-hydrogen) atoms. The highest BCUT2D eigenvalue weighted by Crippen LogP contribution is 2.15. The van der Waals surface area contributed by atoms with Gasteiger partial charge in [0.05, 0.1) is 12.7 Å². The van der Waals surface area contributed by atoms with E-state index in [0.717, 1.165) is 49.1 Å². The summed E-state index contributed by atoms with van der Waals surface area (Å²) in [6.07, 6.45) is 2.28. The molecule has 0 spiro atoms. The Balaban J connectivity index is 1.51. The summed E-state index contributed by atoms with van der Waals surface area (Å²) in [6.45, 7) is 3.69. The Kier molecular flexibility index (Phi) is 8.35. The van der Waals surface area contributed by atoms with Crippen LogP contribution in [0.3, 0.4) is 0 Å². The first-order valence-electron chi connectivity index (χ1n) is 10.1. The molecule has 0 unspecified atom stereocenters. The van der Waals surface area contributed by atoms with E-state index in [9.17, 15) is 0 Å². The minimum Gasteiger partial charge on any atom is -0.381 e. The van der Waals surface area contributed by atoms with Crippen molar-refractivity contribution in [3.05, 3.63) is 70.2 Å². The van der Waals surface area contributed by atoms with E-state index in [4.69, 9.17) is 21.1 Å². The molecule has 0 atom stereocenters. The number of hydrogen-bond acceptors (Lipinski definition) is 3. The molecule has 2 aromatic rings. The van der Waals surface area contributed by atoms with Crippen molar-refractivity contribution in [3.63, 3.8) is 0 Å². The minimum absolute atomic E-state index is 0.310. The second-order valence-corrected chi connectivity index (χ2v) is 7.77. The van der Waals surface area contributed by atoms with Crippen LogP contribution >= 0.6 is 11.6 Å². The van der Waals surface area contributed by atoms with Crippen molar-refractivity contribution >= 4 is 17.6 Å². The van der Waals surface area contributed by atoms with E-state index >= 15 is 0 Å². The van der Waals surface area contributed by atoms with Gasteiger partial charge in [0.1, 0.15) is 0 Å². The number of nitrogens with one attached hydrogen (secondary N) is 1. The smallest absolute Gasteiger partial charge is 0.193 e. The number of hydrogen-bond donors (Lipinski definition) is 1. The molecule has 0 amide bonds. The minimum atomic E-state index is 0.310. The Bertz CT molecular complexity index is 806. The van der Waals surface area contributed by atoms with Gasteiger partial charge in [-0.3, -0.25) is 4.99 Å². The average molecular weight is 416 g/mol. The fourth-order valence-corrected chi connectivity index (χ4v) is 3.65. The zero-order chi connectivity index (χ0) is 20.5. The fraction of sp³-hybridized carbons (Fsp3) is 0.435. The van der Waals surface area contributed by atoms with Crippen LogP contribution in [0.1, 0.15) is 29.5 Å². The summed E-state index contributed by atoms with van der Waals surface area (Å²) in [6, 6.07) is 16.4. The van der Waals surface area contributed by atoms with Crippen molar-refractivity contribution in [2.75, 3.05) is 27.3 Å². The highest BCUT2D eigenvalue weighted by atomic mass is 35.5. The molecule has 0 bridgehead atoms. The van der Waals surface area contributed by atoms with E-state index in [2.05, 4.69) is 45.5 Å². The predicted octanol–water partition coefficient (Wildman–Crippen LogP) is 4.24. The van der Waals surface area contributed by atoms with Gasteiger partial charge < -0.3 is 19.7 Å². The molecule has 1 aliphatic rings.